The first-order chi connectivity index (χ1) is 21.9. The van der Waals surface area contributed by atoms with Gasteiger partial charge in [-0.1, -0.05) is 12.1 Å². The summed E-state index contributed by atoms with van der Waals surface area (Å²) in [4.78, 5) is 15.8. The van der Waals surface area contributed by atoms with Crippen LogP contribution >= 0.6 is 0 Å². The molecule has 0 saturated carbocycles. The molecule has 3 aromatic rings. The van der Waals surface area contributed by atoms with Crippen molar-refractivity contribution < 1.29 is 33.2 Å². The molecule has 250 valence electrons. The van der Waals surface area contributed by atoms with Crippen molar-refractivity contribution in [3.8, 4) is 23.2 Å². The topological polar surface area (TPSA) is 165 Å². The average molecular weight is 639 g/mol. The molecule has 13 nitrogen and oxygen atoms in total. The molecule has 0 radical (unpaired) electrons. The lowest BCUT2D eigenvalue weighted by molar-refractivity contribution is -0.160. The van der Waals surface area contributed by atoms with Crippen LogP contribution in [0.1, 0.15) is 47.1 Å². The Morgan fingerprint density at radius 3 is 2.04 bits per heavy atom. The van der Waals surface area contributed by atoms with Crippen LogP contribution in [-0.4, -0.2) is 85.8 Å². The van der Waals surface area contributed by atoms with Crippen LogP contribution in [0.2, 0.25) is 0 Å². The van der Waals surface area contributed by atoms with Crippen LogP contribution in [0.3, 0.4) is 0 Å². The number of hydrogen-bond donors (Lipinski definition) is 2. The molecule has 0 aliphatic heterocycles. The van der Waals surface area contributed by atoms with Gasteiger partial charge in [-0.25, -0.2) is 14.5 Å². The fourth-order valence-electron chi connectivity index (χ4n) is 4.06. The number of nitrogens with two attached hydrogens (primary N) is 1. The third-order valence-electron chi connectivity index (χ3n) is 6.05. The van der Waals surface area contributed by atoms with E-state index < -0.39 is 17.1 Å². The molecule has 0 spiro atoms. The van der Waals surface area contributed by atoms with E-state index in [9.17, 15) is 10.1 Å². The molecule has 3 N–H and O–H groups in total. The number of carbonyl (C=O) groups excluding carboxylic acids is 1. The maximum Gasteiger partial charge on any atom is 0.332 e. The third-order valence-corrected chi connectivity index (χ3v) is 6.05. The van der Waals surface area contributed by atoms with Crippen LogP contribution in [0.4, 0.5) is 17.2 Å². The lowest BCUT2D eigenvalue weighted by Gasteiger charge is -2.23. The molecule has 0 fully saturated rings. The van der Waals surface area contributed by atoms with Gasteiger partial charge in [0.25, 0.3) is 0 Å². The van der Waals surface area contributed by atoms with E-state index in [0.29, 0.717) is 87.2 Å². The number of nitriles is 1. The van der Waals surface area contributed by atoms with Crippen molar-refractivity contribution in [2.45, 2.75) is 52.7 Å². The number of nitrogen functional groups attached to an aromatic ring is 1. The maximum absolute atomic E-state index is 11.6. The molecule has 1 aromatic carbocycles. The molecule has 0 saturated heterocycles. The number of nitrogens with zero attached hydrogens (tertiary/aromatic N) is 4. The summed E-state index contributed by atoms with van der Waals surface area (Å²) >= 11 is 0. The molecule has 3 rings (SSSR count). The summed E-state index contributed by atoms with van der Waals surface area (Å²) in [7, 11) is 0. The van der Waals surface area contributed by atoms with E-state index >= 15 is 0 Å². The molecule has 0 aliphatic rings. The van der Waals surface area contributed by atoms with Gasteiger partial charge in [-0.05, 0) is 59.7 Å². The number of rotatable bonds is 18. The van der Waals surface area contributed by atoms with E-state index in [4.69, 9.17) is 39.3 Å². The summed E-state index contributed by atoms with van der Waals surface area (Å²) in [6.45, 7) is 14.3. The van der Waals surface area contributed by atoms with Crippen molar-refractivity contribution in [2.24, 2.45) is 0 Å². The highest BCUT2D eigenvalue weighted by molar-refractivity contribution is 5.77. The Morgan fingerprint density at radius 1 is 0.891 bits per heavy atom. The largest absolute Gasteiger partial charge is 0.475 e. The van der Waals surface area contributed by atoms with Gasteiger partial charge in [0.15, 0.2) is 0 Å². The van der Waals surface area contributed by atoms with E-state index in [2.05, 4.69) is 16.4 Å². The summed E-state index contributed by atoms with van der Waals surface area (Å²) < 4.78 is 34.5. The lowest BCUT2D eigenvalue weighted by atomic mass is 10.1. The number of ether oxygens (including phenoxy) is 6. The minimum Gasteiger partial charge on any atom is -0.475 e. The number of esters is 1. The van der Waals surface area contributed by atoms with Gasteiger partial charge in [0.1, 0.15) is 42.0 Å². The van der Waals surface area contributed by atoms with Crippen molar-refractivity contribution in [3.05, 3.63) is 48.2 Å². The molecule has 0 aliphatic carbocycles. The summed E-state index contributed by atoms with van der Waals surface area (Å²) in [5.74, 6) is 0.582. The number of carbonyl (C=O) groups is 1. The van der Waals surface area contributed by atoms with Gasteiger partial charge in [-0.2, -0.15) is 10.4 Å². The quantitative estimate of drug-likeness (QED) is 0.112. The van der Waals surface area contributed by atoms with Crippen LogP contribution in [0.5, 0.6) is 5.88 Å². The van der Waals surface area contributed by atoms with Crippen molar-refractivity contribution in [1.29, 1.82) is 5.26 Å². The van der Waals surface area contributed by atoms with Crippen LogP contribution in [-0.2, 0) is 34.0 Å². The molecular formula is C33H46N6O7. The zero-order chi connectivity index (χ0) is 33.6. The SMILES string of the molecule is CC(C)(C)OC(=O)COCCOCCOCCOCCOc1cc(Nc2c(C#N)c(-c3ccc(N)cc3)nn2C(C)(C)C)ccn1. The van der Waals surface area contributed by atoms with Gasteiger partial charge in [-0.15, -0.1) is 0 Å². The van der Waals surface area contributed by atoms with Crippen LogP contribution < -0.4 is 15.8 Å². The molecule has 0 unspecified atom stereocenters. The van der Waals surface area contributed by atoms with E-state index in [1.54, 1.807) is 30.5 Å². The Labute approximate surface area is 270 Å². The molecule has 0 amide bonds. The summed E-state index contributed by atoms with van der Waals surface area (Å²) in [6, 6.07) is 13.2. The molecule has 0 atom stereocenters. The first-order valence-electron chi connectivity index (χ1n) is 15.2. The molecule has 46 heavy (non-hydrogen) atoms. The van der Waals surface area contributed by atoms with E-state index in [1.165, 1.54) is 0 Å². The standard InChI is InChI=1S/C33H46N6O7/c1-32(2,3)39-31(27(22-34)30(38-39)24-7-9-25(35)10-8-24)37-26-11-12-36-28(21-26)45-20-19-43-16-15-41-13-14-42-17-18-44-23-29(40)46-33(4,5)6/h7-12,21H,13-20,23,35H2,1-6H3,(H,36,37). The highest BCUT2D eigenvalue weighted by Crippen LogP contribution is 2.34. The van der Waals surface area contributed by atoms with Gasteiger partial charge >= 0.3 is 5.97 Å². The third kappa shape index (κ3) is 12.3. The van der Waals surface area contributed by atoms with Crippen LogP contribution in [0.25, 0.3) is 11.3 Å². The average Bonchev–Trinajstić information content (AvgIpc) is 3.35. The maximum atomic E-state index is 11.6. The Kier molecular flexibility index (Phi) is 13.8. The van der Waals surface area contributed by atoms with Gasteiger partial charge in [0.05, 0.1) is 51.8 Å². The number of anilines is 3. The normalized spacial score (nSPS) is 11.7. The number of aromatic nitrogens is 3. The zero-order valence-corrected chi connectivity index (χ0v) is 27.6. The fourth-order valence-corrected chi connectivity index (χ4v) is 4.06. The molecule has 2 aromatic heterocycles. The minimum atomic E-state index is -0.527. The number of pyridine rings is 1. The van der Waals surface area contributed by atoms with Crippen molar-refractivity contribution in [2.75, 3.05) is 70.5 Å². The summed E-state index contributed by atoms with van der Waals surface area (Å²) in [6.07, 6.45) is 1.63. The first-order valence-corrected chi connectivity index (χ1v) is 15.2. The Balaban J connectivity index is 1.36. The minimum absolute atomic E-state index is 0.101. The Hall–Kier alpha value is -4.22. The second kappa shape index (κ2) is 17.5. The molecule has 13 heteroatoms. The zero-order valence-electron chi connectivity index (χ0n) is 27.6. The van der Waals surface area contributed by atoms with Gasteiger partial charge < -0.3 is 39.5 Å². The number of benzene rings is 1. The number of nitrogens with one attached hydrogen (secondary N) is 1. The lowest BCUT2D eigenvalue weighted by Crippen LogP contribution is -2.27. The second-order valence-corrected chi connectivity index (χ2v) is 12.2. The van der Waals surface area contributed by atoms with Crippen molar-refractivity contribution in [1.82, 2.24) is 14.8 Å². The highest BCUT2D eigenvalue weighted by Gasteiger charge is 2.26. The van der Waals surface area contributed by atoms with Gasteiger partial charge in [0, 0.05) is 29.2 Å². The molecule has 0 bridgehead atoms. The van der Waals surface area contributed by atoms with Crippen LogP contribution in [0, 0.1) is 11.3 Å². The monoisotopic (exact) mass is 638 g/mol. The number of hydrogen-bond acceptors (Lipinski definition) is 12. The summed E-state index contributed by atoms with van der Waals surface area (Å²) in [5.41, 5.74) is 8.05. The Morgan fingerprint density at radius 2 is 1.48 bits per heavy atom. The Bertz CT molecular complexity index is 1420. The second-order valence-electron chi connectivity index (χ2n) is 12.2. The predicted octanol–water partition coefficient (Wildman–Crippen LogP) is 4.68. The van der Waals surface area contributed by atoms with Crippen molar-refractivity contribution in [3.63, 3.8) is 0 Å². The summed E-state index contributed by atoms with van der Waals surface area (Å²) in [5, 5.41) is 18.2. The molecule has 2 heterocycles. The molecular weight excluding hydrogens is 592 g/mol. The van der Waals surface area contributed by atoms with Gasteiger partial charge in [-0.3, -0.25) is 0 Å². The first kappa shape index (κ1) is 36.3. The van der Waals surface area contributed by atoms with E-state index in [-0.39, 0.29) is 6.61 Å². The van der Waals surface area contributed by atoms with E-state index in [0.717, 1.165) is 5.56 Å². The van der Waals surface area contributed by atoms with Crippen LogP contribution in [0.15, 0.2) is 42.6 Å². The van der Waals surface area contributed by atoms with Crippen molar-refractivity contribution >= 4 is 23.2 Å². The predicted molar refractivity (Wildman–Crippen MR) is 174 cm³/mol. The smallest absolute Gasteiger partial charge is 0.332 e. The van der Waals surface area contributed by atoms with E-state index in [1.807, 2.05) is 58.4 Å². The highest BCUT2D eigenvalue weighted by atomic mass is 16.6. The van der Waals surface area contributed by atoms with Gasteiger partial charge in [0.2, 0.25) is 5.88 Å². The fraction of sp³-hybridized carbons (Fsp3) is 0.515.